The summed E-state index contributed by atoms with van der Waals surface area (Å²) in [4.78, 5) is 21.9. The fraction of sp³-hybridized carbons (Fsp3) is 0.533. The molecule has 0 aliphatic carbocycles. The molecule has 0 unspecified atom stereocenters. The largest absolute Gasteiger partial charge is 0.342 e. The minimum atomic E-state index is 0.197. The monoisotopic (exact) mass is 461 g/mol. The molecule has 4 rings (SSSR count). The molecular weight excluding hydrogens is 418 g/mol. The van der Waals surface area contributed by atoms with Gasteiger partial charge in [0.05, 0.1) is 0 Å². The number of nitrogens with zero attached hydrogens (tertiary/aromatic N) is 3. The van der Waals surface area contributed by atoms with Gasteiger partial charge in [0.2, 0.25) is 5.91 Å². The van der Waals surface area contributed by atoms with Crippen LogP contribution in [-0.2, 0) is 11.3 Å². The standard InChI is InChI=1S/C28H37N3O.C2H6/c1-3-4-27(24-7-5-22(2)6-8-24)25-13-19-31(20-14-25)28(32)26-11-17-30(18-12-26)21-23-9-15-29-16-10-23;1-2/h4-10,15-16,25-26H,3,11-14,17-21H2,1-2H3;1-2H3/b27-4-;. The average molecular weight is 462 g/mol. The first kappa shape index (κ1) is 26.2. The third-order valence-electron chi connectivity index (χ3n) is 7.15. The molecule has 0 saturated carbocycles. The molecule has 2 aliphatic rings. The molecule has 0 radical (unpaired) electrons. The zero-order valence-electron chi connectivity index (χ0n) is 21.7. The number of allylic oxidation sites excluding steroid dienone is 2. The minimum absolute atomic E-state index is 0.197. The summed E-state index contributed by atoms with van der Waals surface area (Å²) in [7, 11) is 0. The van der Waals surface area contributed by atoms with Crippen LogP contribution in [0.2, 0.25) is 0 Å². The Bertz CT molecular complexity index is 890. The number of aryl methyl sites for hydroxylation is 1. The van der Waals surface area contributed by atoms with Gasteiger partial charge >= 0.3 is 0 Å². The lowest BCUT2D eigenvalue weighted by atomic mass is 9.83. The van der Waals surface area contributed by atoms with Gasteiger partial charge in [0.25, 0.3) is 0 Å². The van der Waals surface area contributed by atoms with E-state index in [1.54, 1.807) is 0 Å². The van der Waals surface area contributed by atoms with E-state index < -0.39 is 0 Å². The molecule has 3 heterocycles. The summed E-state index contributed by atoms with van der Waals surface area (Å²) in [5.74, 6) is 1.15. The van der Waals surface area contributed by atoms with Crippen LogP contribution >= 0.6 is 0 Å². The second kappa shape index (κ2) is 13.4. The van der Waals surface area contributed by atoms with Crippen LogP contribution in [0.5, 0.6) is 0 Å². The van der Waals surface area contributed by atoms with Gasteiger partial charge in [-0.3, -0.25) is 14.7 Å². The molecule has 0 atom stereocenters. The van der Waals surface area contributed by atoms with E-state index in [0.717, 1.165) is 64.8 Å². The number of likely N-dealkylation sites (tertiary alicyclic amines) is 2. The van der Waals surface area contributed by atoms with E-state index in [2.05, 4.69) is 71.1 Å². The first-order valence-electron chi connectivity index (χ1n) is 13.3. The number of aromatic nitrogens is 1. The van der Waals surface area contributed by atoms with Crippen molar-refractivity contribution in [2.75, 3.05) is 26.2 Å². The van der Waals surface area contributed by atoms with Crippen LogP contribution in [0.4, 0.5) is 0 Å². The van der Waals surface area contributed by atoms with Crippen molar-refractivity contribution in [1.82, 2.24) is 14.8 Å². The number of hydrogen-bond donors (Lipinski definition) is 0. The summed E-state index contributed by atoms with van der Waals surface area (Å²) in [5.41, 5.74) is 5.43. The molecule has 4 heteroatoms. The smallest absolute Gasteiger partial charge is 0.225 e. The molecule has 1 aromatic heterocycles. The summed E-state index contributed by atoms with van der Waals surface area (Å²) in [6, 6.07) is 13.1. The summed E-state index contributed by atoms with van der Waals surface area (Å²) < 4.78 is 0. The third kappa shape index (κ3) is 7.02. The number of piperidine rings is 2. The molecule has 1 aromatic carbocycles. The van der Waals surface area contributed by atoms with Crippen molar-refractivity contribution in [3.05, 3.63) is 71.6 Å². The normalized spacial score (nSPS) is 18.4. The molecule has 0 spiro atoms. The van der Waals surface area contributed by atoms with Gasteiger partial charge in [0.15, 0.2) is 0 Å². The van der Waals surface area contributed by atoms with E-state index in [1.165, 1.54) is 22.3 Å². The Morgan fingerprint density at radius 1 is 0.912 bits per heavy atom. The second-order valence-corrected chi connectivity index (χ2v) is 9.44. The number of rotatable bonds is 6. The molecule has 2 saturated heterocycles. The first-order chi connectivity index (χ1) is 16.6. The van der Waals surface area contributed by atoms with E-state index in [0.29, 0.717) is 11.8 Å². The highest BCUT2D eigenvalue weighted by Gasteiger charge is 2.31. The molecule has 34 heavy (non-hydrogen) atoms. The second-order valence-electron chi connectivity index (χ2n) is 9.44. The summed E-state index contributed by atoms with van der Waals surface area (Å²) in [6.45, 7) is 13.1. The SMILES string of the molecule is CC.CC/C=C(/c1ccc(C)cc1)C1CCN(C(=O)C2CCN(Cc3ccncc3)CC2)CC1. The summed E-state index contributed by atoms with van der Waals surface area (Å²) in [6.07, 6.45) is 11.3. The van der Waals surface area contributed by atoms with Crippen LogP contribution in [0.1, 0.15) is 69.6 Å². The van der Waals surface area contributed by atoms with E-state index >= 15 is 0 Å². The number of hydrogen-bond acceptors (Lipinski definition) is 3. The van der Waals surface area contributed by atoms with Crippen LogP contribution in [-0.4, -0.2) is 46.9 Å². The van der Waals surface area contributed by atoms with Gasteiger partial charge in [0, 0.05) is 37.9 Å². The van der Waals surface area contributed by atoms with Crippen LogP contribution in [0.3, 0.4) is 0 Å². The van der Waals surface area contributed by atoms with E-state index in [-0.39, 0.29) is 5.92 Å². The first-order valence-corrected chi connectivity index (χ1v) is 13.3. The van der Waals surface area contributed by atoms with Crippen LogP contribution in [0.25, 0.3) is 5.57 Å². The Morgan fingerprint density at radius 2 is 1.50 bits per heavy atom. The number of carbonyl (C=O) groups excluding carboxylic acids is 1. The Kier molecular flexibility index (Phi) is 10.3. The van der Waals surface area contributed by atoms with Crippen molar-refractivity contribution in [3.8, 4) is 0 Å². The lowest BCUT2D eigenvalue weighted by Gasteiger charge is -2.38. The van der Waals surface area contributed by atoms with Gasteiger partial charge in [-0.2, -0.15) is 0 Å². The molecule has 2 fully saturated rings. The highest BCUT2D eigenvalue weighted by Crippen LogP contribution is 2.33. The lowest BCUT2D eigenvalue weighted by molar-refractivity contribution is -0.138. The molecule has 1 amide bonds. The maximum Gasteiger partial charge on any atom is 0.225 e. The van der Waals surface area contributed by atoms with Gasteiger partial charge in [0.1, 0.15) is 0 Å². The van der Waals surface area contributed by atoms with Crippen molar-refractivity contribution in [2.45, 2.75) is 66.3 Å². The van der Waals surface area contributed by atoms with E-state index in [9.17, 15) is 4.79 Å². The molecular formula is C30H43N3O. The minimum Gasteiger partial charge on any atom is -0.342 e. The number of pyridine rings is 1. The fourth-order valence-electron chi connectivity index (χ4n) is 5.24. The highest BCUT2D eigenvalue weighted by atomic mass is 16.2. The van der Waals surface area contributed by atoms with Gasteiger partial charge in [-0.1, -0.05) is 56.7 Å². The van der Waals surface area contributed by atoms with Crippen LogP contribution in [0.15, 0.2) is 54.9 Å². The molecule has 4 nitrogen and oxygen atoms in total. The molecule has 0 bridgehead atoms. The highest BCUT2D eigenvalue weighted by molar-refractivity contribution is 5.79. The summed E-state index contributed by atoms with van der Waals surface area (Å²) in [5, 5.41) is 0. The topological polar surface area (TPSA) is 36.4 Å². The van der Waals surface area contributed by atoms with Gasteiger partial charge in [-0.25, -0.2) is 0 Å². The molecule has 184 valence electrons. The van der Waals surface area contributed by atoms with Crippen molar-refractivity contribution in [1.29, 1.82) is 0 Å². The maximum atomic E-state index is 13.2. The average Bonchev–Trinajstić information content (AvgIpc) is 2.90. The number of amides is 1. The van der Waals surface area contributed by atoms with Crippen molar-refractivity contribution >= 4 is 11.5 Å². The van der Waals surface area contributed by atoms with Gasteiger partial charge < -0.3 is 4.90 Å². The molecule has 2 aliphatic heterocycles. The Hall–Kier alpha value is -2.46. The van der Waals surface area contributed by atoms with E-state index in [1.807, 2.05) is 26.2 Å². The Morgan fingerprint density at radius 3 is 2.09 bits per heavy atom. The van der Waals surface area contributed by atoms with E-state index in [4.69, 9.17) is 0 Å². The zero-order chi connectivity index (χ0) is 24.3. The predicted octanol–water partition coefficient (Wildman–Crippen LogP) is 6.36. The number of benzene rings is 1. The third-order valence-corrected chi connectivity index (χ3v) is 7.15. The maximum absolute atomic E-state index is 13.2. The van der Waals surface area contributed by atoms with Crippen molar-refractivity contribution in [2.24, 2.45) is 11.8 Å². The van der Waals surface area contributed by atoms with Crippen LogP contribution < -0.4 is 0 Å². The Labute approximate surface area is 207 Å². The fourth-order valence-corrected chi connectivity index (χ4v) is 5.24. The van der Waals surface area contributed by atoms with Gasteiger partial charge in [-0.15, -0.1) is 0 Å². The van der Waals surface area contributed by atoms with Crippen LogP contribution in [0, 0.1) is 18.8 Å². The van der Waals surface area contributed by atoms with Crippen molar-refractivity contribution < 1.29 is 4.79 Å². The zero-order valence-corrected chi connectivity index (χ0v) is 21.7. The van der Waals surface area contributed by atoms with Crippen molar-refractivity contribution in [3.63, 3.8) is 0 Å². The van der Waals surface area contributed by atoms with Gasteiger partial charge in [-0.05, 0) is 86.9 Å². The summed E-state index contributed by atoms with van der Waals surface area (Å²) >= 11 is 0. The quantitative estimate of drug-likeness (QED) is 0.502. The number of carbonyl (C=O) groups is 1. The molecule has 0 N–H and O–H groups in total. The Balaban J connectivity index is 0.00000158. The molecule has 2 aromatic rings. The lowest BCUT2D eigenvalue weighted by Crippen LogP contribution is -2.45. The predicted molar refractivity (Wildman–Crippen MR) is 142 cm³/mol.